The molecule has 5 heteroatoms. The number of hydrogen-bond acceptors (Lipinski definition) is 3. The van der Waals surface area contributed by atoms with Gasteiger partial charge < -0.3 is 15.0 Å². The van der Waals surface area contributed by atoms with Crippen molar-refractivity contribution in [2.45, 2.75) is 46.7 Å². The van der Waals surface area contributed by atoms with E-state index in [1.165, 1.54) is 0 Å². The average molecular weight is 270 g/mol. The third-order valence-electron chi connectivity index (χ3n) is 3.45. The first kappa shape index (κ1) is 16.0. The van der Waals surface area contributed by atoms with E-state index in [0.29, 0.717) is 13.2 Å². The van der Waals surface area contributed by atoms with Gasteiger partial charge in [-0.15, -0.1) is 0 Å². The van der Waals surface area contributed by atoms with Crippen molar-refractivity contribution < 1.29 is 14.3 Å². The third kappa shape index (κ3) is 3.47. The van der Waals surface area contributed by atoms with Crippen LogP contribution in [0.2, 0.25) is 0 Å². The first-order valence-corrected chi connectivity index (χ1v) is 6.80. The van der Waals surface area contributed by atoms with Crippen molar-refractivity contribution in [3.63, 3.8) is 0 Å². The van der Waals surface area contributed by atoms with Gasteiger partial charge in [-0.2, -0.15) is 0 Å². The van der Waals surface area contributed by atoms with Gasteiger partial charge >= 0.3 is 0 Å². The Balaban J connectivity index is 3.01. The summed E-state index contributed by atoms with van der Waals surface area (Å²) in [6.07, 6.45) is 0. The Morgan fingerprint density at radius 2 is 1.89 bits per heavy atom. The molecular formula is C14H26N2O3. The number of carbonyl (C=O) groups excluding carboxylic acids is 2. The summed E-state index contributed by atoms with van der Waals surface area (Å²) >= 11 is 0. The van der Waals surface area contributed by atoms with Crippen LogP contribution in [0, 0.1) is 11.3 Å². The molecule has 5 nitrogen and oxygen atoms in total. The van der Waals surface area contributed by atoms with E-state index in [9.17, 15) is 9.59 Å². The number of hydrogen-bond donors (Lipinski definition) is 1. The van der Waals surface area contributed by atoms with E-state index in [4.69, 9.17) is 4.74 Å². The average Bonchev–Trinajstić information content (AvgIpc) is 2.27. The van der Waals surface area contributed by atoms with Crippen LogP contribution in [0.4, 0.5) is 0 Å². The molecule has 0 aromatic heterocycles. The van der Waals surface area contributed by atoms with Crippen LogP contribution in [0.25, 0.3) is 0 Å². The van der Waals surface area contributed by atoms with Gasteiger partial charge in [-0.3, -0.25) is 9.59 Å². The fraction of sp³-hybridized carbons (Fsp3) is 0.857. The summed E-state index contributed by atoms with van der Waals surface area (Å²) in [4.78, 5) is 26.5. The summed E-state index contributed by atoms with van der Waals surface area (Å²) < 4.78 is 5.05. The minimum Gasteiger partial charge on any atom is -0.383 e. The van der Waals surface area contributed by atoms with E-state index in [1.54, 1.807) is 12.0 Å². The van der Waals surface area contributed by atoms with Crippen molar-refractivity contribution in [2.75, 3.05) is 20.3 Å². The number of ether oxygens (including phenoxy) is 1. The molecule has 1 rings (SSSR count). The van der Waals surface area contributed by atoms with Gasteiger partial charge in [0.15, 0.2) is 0 Å². The van der Waals surface area contributed by atoms with Gasteiger partial charge in [-0.1, -0.05) is 34.6 Å². The van der Waals surface area contributed by atoms with Crippen LogP contribution in [0.1, 0.15) is 34.6 Å². The normalized spacial score (nSPS) is 24.9. The molecule has 0 aromatic carbocycles. The Hall–Kier alpha value is -1.10. The largest absolute Gasteiger partial charge is 0.383 e. The topological polar surface area (TPSA) is 58.6 Å². The van der Waals surface area contributed by atoms with Crippen LogP contribution < -0.4 is 5.32 Å². The minimum atomic E-state index is -0.466. The monoisotopic (exact) mass is 270 g/mol. The standard InChI is InChI=1S/C14H26N2O3/c1-9(2)10-12(17)15-11(14(3,4)5)13(18)16(10)7-8-19-6/h9-11H,7-8H2,1-6H3,(H,15,17). The van der Waals surface area contributed by atoms with Gasteiger partial charge in [0, 0.05) is 13.7 Å². The van der Waals surface area contributed by atoms with Crippen LogP contribution >= 0.6 is 0 Å². The van der Waals surface area contributed by atoms with Crippen molar-refractivity contribution in [3.8, 4) is 0 Å². The lowest BCUT2D eigenvalue weighted by Crippen LogP contribution is -2.68. The van der Waals surface area contributed by atoms with Crippen LogP contribution in [0.5, 0.6) is 0 Å². The molecule has 1 saturated heterocycles. The molecule has 1 N–H and O–H groups in total. The quantitative estimate of drug-likeness (QED) is 0.830. The molecule has 2 amide bonds. The molecule has 2 unspecified atom stereocenters. The second-order valence-corrected chi connectivity index (χ2v) is 6.52. The Bertz CT molecular complexity index is 347. The van der Waals surface area contributed by atoms with Crippen molar-refractivity contribution in [3.05, 3.63) is 0 Å². The molecule has 1 fully saturated rings. The van der Waals surface area contributed by atoms with E-state index in [-0.39, 0.29) is 23.1 Å². The van der Waals surface area contributed by atoms with Gasteiger partial charge in [0.1, 0.15) is 12.1 Å². The van der Waals surface area contributed by atoms with Crippen molar-refractivity contribution >= 4 is 11.8 Å². The first-order chi connectivity index (χ1) is 8.70. The molecule has 0 bridgehead atoms. The highest BCUT2D eigenvalue weighted by Gasteiger charge is 2.45. The summed E-state index contributed by atoms with van der Waals surface area (Å²) in [7, 11) is 1.60. The maximum atomic E-state index is 12.6. The van der Waals surface area contributed by atoms with Crippen LogP contribution in [0.15, 0.2) is 0 Å². The van der Waals surface area contributed by atoms with Crippen LogP contribution in [0.3, 0.4) is 0 Å². The van der Waals surface area contributed by atoms with E-state index >= 15 is 0 Å². The van der Waals surface area contributed by atoms with Crippen molar-refractivity contribution in [2.24, 2.45) is 11.3 Å². The Morgan fingerprint density at radius 1 is 1.32 bits per heavy atom. The van der Waals surface area contributed by atoms with Crippen molar-refractivity contribution in [1.29, 1.82) is 0 Å². The molecule has 1 aliphatic heterocycles. The zero-order chi connectivity index (χ0) is 14.8. The second-order valence-electron chi connectivity index (χ2n) is 6.52. The van der Waals surface area contributed by atoms with E-state index in [2.05, 4.69) is 5.32 Å². The molecule has 2 atom stereocenters. The molecule has 110 valence electrons. The van der Waals surface area contributed by atoms with Gasteiger partial charge in [0.2, 0.25) is 11.8 Å². The smallest absolute Gasteiger partial charge is 0.246 e. The summed E-state index contributed by atoms with van der Waals surface area (Å²) in [5.74, 6) is 0.00945. The fourth-order valence-corrected chi connectivity index (χ4v) is 2.42. The predicted molar refractivity (Wildman–Crippen MR) is 73.6 cm³/mol. The van der Waals surface area contributed by atoms with Crippen LogP contribution in [-0.2, 0) is 14.3 Å². The lowest BCUT2D eigenvalue weighted by Gasteiger charge is -2.44. The number of methoxy groups -OCH3 is 1. The summed E-state index contributed by atoms with van der Waals surface area (Å²) in [6.45, 7) is 10.7. The molecule has 0 aromatic rings. The van der Waals surface area contributed by atoms with E-state index < -0.39 is 12.1 Å². The highest BCUT2D eigenvalue weighted by Crippen LogP contribution is 2.27. The Labute approximate surface area is 115 Å². The van der Waals surface area contributed by atoms with E-state index in [1.807, 2.05) is 34.6 Å². The fourth-order valence-electron chi connectivity index (χ4n) is 2.42. The number of rotatable bonds is 4. The third-order valence-corrected chi connectivity index (χ3v) is 3.45. The van der Waals surface area contributed by atoms with Gasteiger partial charge in [-0.05, 0) is 11.3 Å². The molecule has 0 aliphatic carbocycles. The number of nitrogens with zero attached hydrogens (tertiary/aromatic N) is 1. The van der Waals surface area contributed by atoms with E-state index in [0.717, 1.165) is 0 Å². The second kappa shape index (κ2) is 5.90. The van der Waals surface area contributed by atoms with Gasteiger partial charge in [0.25, 0.3) is 0 Å². The van der Waals surface area contributed by atoms with Gasteiger partial charge in [-0.25, -0.2) is 0 Å². The molecular weight excluding hydrogens is 244 g/mol. The Morgan fingerprint density at radius 3 is 2.32 bits per heavy atom. The Kier molecular flexibility index (Phi) is 4.96. The van der Waals surface area contributed by atoms with Crippen molar-refractivity contribution in [1.82, 2.24) is 10.2 Å². The number of nitrogens with one attached hydrogen (secondary N) is 1. The summed E-state index contributed by atoms with van der Waals surface area (Å²) in [5, 5.41) is 2.87. The highest BCUT2D eigenvalue weighted by atomic mass is 16.5. The maximum absolute atomic E-state index is 12.6. The summed E-state index contributed by atoms with van der Waals surface area (Å²) in [5.41, 5.74) is -0.292. The first-order valence-electron chi connectivity index (χ1n) is 6.80. The number of carbonyl (C=O) groups is 2. The minimum absolute atomic E-state index is 0.0112. The lowest BCUT2D eigenvalue weighted by molar-refractivity contribution is -0.155. The zero-order valence-corrected chi connectivity index (χ0v) is 12.8. The van der Waals surface area contributed by atoms with Crippen LogP contribution in [-0.4, -0.2) is 49.1 Å². The number of amides is 2. The number of piperazine rings is 1. The van der Waals surface area contributed by atoms with Gasteiger partial charge in [0.05, 0.1) is 6.61 Å². The summed E-state index contributed by atoms with van der Waals surface area (Å²) in [6, 6.07) is -0.867. The molecule has 1 heterocycles. The SMILES string of the molecule is COCCN1C(=O)C(C(C)(C)C)NC(=O)C1C(C)C. The molecule has 0 spiro atoms. The molecule has 0 radical (unpaired) electrons. The zero-order valence-electron chi connectivity index (χ0n) is 12.8. The maximum Gasteiger partial charge on any atom is 0.246 e. The highest BCUT2D eigenvalue weighted by molar-refractivity contribution is 5.97. The lowest BCUT2D eigenvalue weighted by atomic mass is 9.83. The molecule has 19 heavy (non-hydrogen) atoms. The molecule has 1 aliphatic rings. The molecule has 0 saturated carbocycles. The predicted octanol–water partition coefficient (Wildman–Crippen LogP) is 1.03.